The SMILES string of the molecule is CC1(C)COC(CO)C1O. The minimum absolute atomic E-state index is 0.0927. The van der Waals surface area contributed by atoms with Crippen molar-refractivity contribution < 1.29 is 14.9 Å². The fourth-order valence-corrected chi connectivity index (χ4v) is 1.15. The standard InChI is InChI=1S/C7H14O3/c1-7(2)4-10-5(3-8)6(7)9/h5-6,8-9H,3-4H2,1-2H3. The van der Waals surface area contributed by atoms with Crippen molar-refractivity contribution in [3.05, 3.63) is 0 Å². The van der Waals surface area contributed by atoms with Crippen LogP contribution in [0, 0.1) is 5.41 Å². The number of ether oxygens (including phenoxy) is 1. The normalized spacial score (nSPS) is 38.4. The van der Waals surface area contributed by atoms with Crippen LogP contribution in [0.3, 0.4) is 0 Å². The molecule has 1 aliphatic heterocycles. The van der Waals surface area contributed by atoms with Crippen LogP contribution in [-0.2, 0) is 4.74 Å². The van der Waals surface area contributed by atoms with Gasteiger partial charge in [0.2, 0.25) is 0 Å². The van der Waals surface area contributed by atoms with Crippen molar-refractivity contribution in [2.45, 2.75) is 26.1 Å². The number of hydrogen-bond acceptors (Lipinski definition) is 3. The van der Waals surface area contributed by atoms with Crippen LogP contribution >= 0.6 is 0 Å². The van der Waals surface area contributed by atoms with E-state index in [-0.39, 0.29) is 18.1 Å². The van der Waals surface area contributed by atoms with E-state index in [1.807, 2.05) is 13.8 Å². The summed E-state index contributed by atoms with van der Waals surface area (Å²) in [6.07, 6.45) is -0.910. The van der Waals surface area contributed by atoms with Gasteiger partial charge >= 0.3 is 0 Å². The molecule has 3 heteroatoms. The second-order valence-corrected chi connectivity index (χ2v) is 3.47. The van der Waals surface area contributed by atoms with Gasteiger partial charge in [-0.15, -0.1) is 0 Å². The highest BCUT2D eigenvalue weighted by atomic mass is 16.5. The average Bonchev–Trinajstić information content (AvgIpc) is 2.10. The fourth-order valence-electron chi connectivity index (χ4n) is 1.15. The molecule has 0 aliphatic carbocycles. The molecule has 0 radical (unpaired) electrons. The highest BCUT2D eigenvalue weighted by molar-refractivity contribution is 4.89. The molecule has 1 aliphatic rings. The molecule has 1 saturated heterocycles. The van der Waals surface area contributed by atoms with Crippen LogP contribution in [0.15, 0.2) is 0 Å². The van der Waals surface area contributed by atoms with E-state index in [2.05, 4.69) is 0 Å². The Morgan fingerprint density at radius 2 is 2.20 bits per heavy atom. The number of aliphatic hydroxyl groups is 2. The van der Waals surface area contributed by atoms with E-state index >= 15 is 0 Å². The van der Waals surface area contributed by atoms with E-state index in [1.54, 1.807) is 0 Å². The first-order valence-corrected chi connectivity index (χ1v) is 3.48. The largest absolute Gasteiger partial charge is 0.394 e. The molecule has 0 saturated carbocycles. The number of aliphatic hydroxyl groups excluding tert-OH is 2. The van der Waals surface area contributed by atoms with Crippen LogP contribution in [0.1, 0.15) is 13.8 Å². The van der Waals surface area contributed by atoms with Crippen molar-refractivity contribution in [1.29, 1.82) is 0 Å². The van der Waals surface area contributed by atoms with Crippen LogP contribution in [0.4, 0.5) is 0 Å². The summed E-state index contributed by atoms with van der Waals surface area (Å²) in [6.45, 7) is 4.28. The third-order valence-electron chi connectivity index (χ3n) is 2.00. The van der Waals surface area contributed by atoms with Gasteiger partial charge in [-0.05, 0) is 0 Å². The van der Waals surface area contributed by atoms with Gasteiger partial charge in [-0.3, -0.25) is 0 Å². The lowest BCUT2D eigenvalue weighted by Gasteiger charge is -2.21. The van der Waals surface area contributed by atoms with Crippen molar-refractivity contribution in [2.75, 3.05) is 13.2 Å². The molecule has 0 bridgehead atoms. The minimum atomic E-state index is -0.530. The van der Waals surface area contributed by atoms with Crippen LogP contribution in [0.5, 0.6) is 0 Å². The van der Waals surface area contributed by atoms with Crippen LogP contribution in [-0.4, -0.2) is 35.6 Å². The van der Waals surface area contributed by atoms with Crippen LogP contribution in [0.25, 0.3) is 0 Å². The van der Waals surface area contributed by atoms with Crippen molar-refractivity contribution in [1.82, 2.24) is 0 Å². The van der Waals surface area contributed by atoms with E-state index < -0.39 is 6.10 Å². The minimum Gasteiger partial charge on any atom is -0.394 e. The molecule has 2 atom stereocenters. The Balaban J connectivity index is 2.58. The second-order valence-electron chi connectivity index (χ2n) is 3.47. The van der Waals surface area contributed by atoms with Gasteiger partial charge in [0.25, 0.3) is 0 Å². The van der Waals surface area contributed by atoms with E-state index in [0.29, 0.717) is 6.61 Å². The summed E-state index contributed by atoms with van der Waals surface area (Å²) in [4.78, 5) is 0. The van der Waals surface area contributed by atoms with Crippen molar-refractivity contribution in [2.24, 2.45) is 5.41 Å². The zero-order chi connectivity index (χ0) is 7.78. The predicted molar refractivity (Wildman–Crippen MR) is 36.6 cm³/mol. The van der Waals surface area contributed by atoms with Gasteiger partial charge in [-0.1, -0.05) is 13.8 Å². The van der Waals surface area contributed by atoms with Gasteiger partial charge in [0.1, 0.15) is 6.10 Å². The second kappa shape index (κ2) is 2.49. The lowest BCUT2D eigenvalue weighted by molar-refractivity contribution is -0.00275. The quantitative estimate of drug-likeness (QED) is 0.537. The summed E-state index contributed by atoms with van der Waals surface area (Å²) < 4.78 is 5.13. The van der Waals surface area contributed by atoms with Gasteiger partial charge < -0.3 is 14.9 Å². The first kappa shape index (κ1) is 7.98. The molecular formula is C7H14O3. The fraction of sp³-hybridized carbons (Fsp3) is 1.00. The molecule has 2 unspecified atom stereocenters. The van der Waals surface area contributed by atoms with E-state index in [4.69, 9.17) is 9.84 Å². The van der Waals surface area contributed by atoms with Crippen molar-refractivity contribution >= 4 is 0 Å². The van der Waals surface area contributed by atoms with E-state index in [9.17, 15) is 5.11 Å². The lowest BCUT2D eigenvalue weighted by Crippen LogP contribution is -2.34. The van der Waals surface area contributed by atoms with Gasteiger partial charge in [-0.2, -0.15) is 0 Å². The lowest BCUT2D eigenvalue weighted by atomic mass is 9.87. The predicted octanol–water partition coefficient (Wildman–Crippen LogP) is -0.235. The smallest absolute Gasteiger partial charge is 0.107 e. The summed E-state index contributed by atoms with van der Waals surface area (Å²) in [5.41, 5.74) is -0.201. The van der Waals surface area contributed by atoms with Crippen molar-refractivity contribution in [3.8, 4) is 0 Å². The molecule has 60 valence electrons. The molecule has 2 N–H and O–H groups in total. The zero-order valence-corrected chi connectivity index (χ0v) is 6.37. The van der Waals surface area contributed by atoms with Crippen molar-refractivity contribution in [3.63, 3.8) is 0 Å². The molecule has 0 aromatic carbocycles. The molecule has 1 heterocycles. The van der Waals surface area contributed by atoms with Gasteiger partial charge in [-0.25, -0.2) is 0 Å². The Bertz CT molecular complexity index is 122. The van der Waals surface area contributed by atoms with Crippen LogP contribution < -0.4 is 0 Å². The monoisotopic (exact) mass is 146 g/mol. The molecule has 1 fully saturated rings. The third kappa shape index (κ3) is 1.17. The van der Waals surface area contributed by atoms with Gasteiger partial charge in [0.05, 0.1) is 19.3 Å². The number of hydrogen-bond donors (Lipinski definition) is 2. The molecular weight excluding hydrogens is 132 g/mol. The molecule has 3 nitrogen and oxygen atoms in total. The Kier molecular flexibility index (Phi) is 1.99. The Morgan fingerprint density at radius 3 is 2.40 bits per heavy atom. The Labute approximate surface area is 60.6 Å². The van der Waals surface area contributed by atoms with Crippen LogP contribution in [0.2, 0.25) is 0 Å². The highest BCUT2D eigenvalue weighted by Crippen LogP contribution is 2.31. The number of rotatable bonds is 1. The summed E-state index contributed by atoms with van der Waals surface area (Å²) in [5.74, 6) is 0. The molecule has 1 rings (SSSR count). The maximum atomic E-state index is 9.43. The maximum Gasteiger partial charge on any atom is 0.107 e. The Hall–Kier alpha value is -0.120. The third-order valence-corrected chi connectivity index (χ3v) is 2.00. The highest BCUT2D eigenvalue weighted by Gasteiger charge is 2.41. The van der Waals surface area contributed by atoms with Gasteiger partial charge in [0.15, 0.2) is 0 Å². The molecule has 0 aromatic rings. The molecule has 0 spiro atoms. The van der Waals surface area contributed by atoms with E-state index in [0.717, 1.165) is 0 Å². The molecule has 0 aromatic heterocycles. The van der Waals surface area contributed by atoms with E-state index in [1.165, 1.54) is 0 Å². The maximum absolute atomic E-state index is 9.43. The molecule has 0 amide bonds. The molecule has 10 heavy (non-hydrogen) atoms. The summed E-state index contributed by atoms with van der Waals surface area (Å²) >= 11 is 0. The average molecular weight is 146 g/mol. The summed E-state index contributed by atoms with van der Waals surface area (Å²) in [5, 5.41) is 18.1. The summed E-state index contributed by atoms with van der Waals surface area (Å²) in [7, 11) is 0. The topological polar surface area (TPSA) is 49.7 Å². The van der Waals surface area contributed by atoms with Gasteiger partial charge in [0, 0.05) is 5.41 Å². The summed E-state index contributed by atoms with van der Waals surface area (Å²) in [6, 6.07) is 0. The Morgan fingerprint density at radius 1 is 1.60 bits per heavy atom. The first-order chi connectivity index (χ1) is 4.58. The first-order valence-electron chi connectivity index (χ1n) is 3.48. The zero-order valence-electron chi connectivity index (χ0n) is 6.37.